The zero-order chi connectivity index (χ0) is 28.9. The summed E-state index contributed by atoms with van der Waals surface area (Å²) in [5, 5.41) is 12.6. The highest BCUT2D eigenvalue weighted by atomic mass is 16.7. The van der Waals surface area contributed by atoms with Crippen molar-refractivity contribution < 1.29 is 19.4 Å². The minimum Gasteiger partial charge on any atom is -0.392 e. The zero-order valence-electron chi connectivity index (χ0n) is 24.4. The molecule has 0 spiro atoms. The predicted octanol–water partition coefficient (Wildman–Crippen LogP) is 5.18. The maximum atomic E-state index is 12.8. The van der Waals surface area contributed by atoms with E-state index in [0.29, 0.717) is 17.3 Å². The van der Waals surface area contributed by atoms with Crippen LogP contribution in [0.2, 0.25) is 0 Å². The largest absolute Gasteiger partial charge is 0.392 e. The number of aromatic nitrogens is 1. The maximum absolute atomic E-state index is 12.8. The van der Waals surface area contributed by atoms with Crippen LogP contribution in [0.5, 0.6) is 0 Å². The van der Waals surface area contributed by atoms with Crippen LogP contribution >= 0.6 is 0 Å². The molecule has 4 heterocycles. The van der Waals surface area contributed by atoms with Gasteiger partial charge in [0.1, 0.15) is 0 Å². The molecular formula is C34H42N4O4. The molecule has 2 aromatic carbocycles. The summed E-state index contributed by atoms with van der Waals surface area (Å²) in [6.45, 7) is 7.78. The van der Waals surface area contributed by atoms with Gasteiger partial charge >= 0.3 is 0 Å². The fourth-order valence-electron chi connectivity index (χ4n) is 6.63. The van der Waals surface area contributed by atoms with Gasteiger partial charge in [-0.05, 0) is 80.7 Å². The summed E-state index contributed by atoms with van der Waals surface area (Å²) in [7, 11) is 0. The maximum Gasteiger partial charge on any atom is 0.257 e. The highest BCUT2D eigenvalue weighted by Crippen LogP contribution is 2.42. The number of ether oxygens (including phenoxy) is 2. The van der Waals surface area contributed by atoms with E-state index < -0.39 is 6.29 Å². The number of amides is 1. The third kappa shape index (κ3) is 6.74. The molecule has 3 aromatic rings. The predicted molar refractivity (Wildman–Crippen MR) is 162 cm³/mol. The van der Waals surface area contributed by atoms with Gasteiger partial charge in [-0.1, -0.05) is 43.3 Å². The lowest BCUT2D eigenvalue weighted by Gasteiger charge is -2.43. The number of hydrogen-bond acceptors (Lipinski definition) is 7. The molecule has 3 saturated heterocycles. The first kappa shape index (κ1) is 29.0. The number of rotatable bonds is 9. The molecule has 222 valence electrons. The first-order chi connectivity index (χ1) is 20.6. The molecule has 5 atom stereocenters. The molecule has 0 saturated carbocycles. The second kappa shape index (κ2) is 13.4. The Bertz CT molecular complexity index is 1310. The number of benzene rings is 2. The van der Waals surface area contributed by atoms with E-state index in [2.05, 4.69) is 39.2 Å². The van der Waals surface area contributed by atoms with Gasteiger partial charge in [-0.2, -0.15) is 0 Å². The SMILES string of the molecule is C[C@H]1[C@@H](CN2CCC[C@H]2CN2CCCC2)O[C@@H](c2cccc(NC(=O)c3cccnc3)c2)O[C@H]1c1ccc(CO)cc1. The number of carbonyl (C=O) groups excluding carboxylic acids is 1. The molecule has 1 amide bonds. The standard InChI is InChI=1S/C34H42N4O4/c1-24-31(22-38-18-6-10-30(38)21-37-16-2-3-17-37)41-34(42-32(24)26-13-11-25(23-39)12-14-26)27-7-4-9-29(19-27)36-33(40)28-8-5-15-35-20-28/h4-5,7-9,11-15,19-20,24,30-32,34,39H,2-3,6,10,16-18,21-23H2,1H3,(H,36,40)/t24-,30-,31+,32+,34+/m0/s1. The van der Waals surface area contributed by atoms with Crippen molar-refractivity contribution in [3.8, 4) is 0 Å². The van der Waals surface area contributed by atoms with Crippen molar-refractivity contribution in [1.29, 1.82) is 0 Å². The molecule has 42 heavy (non-hydrogen) atoms. The van der Waals surface area contributed by atoms with Crippen molar-refractivity contribution in [2.75, 3.05) is 38.0 Å². The highest BCUT2D eigenvalue weighted by molar-refractivity contribution is 6.04. The first-order valence-electron chi connectivity index (χ1n) is 15.4. The number of likely N-dealkylation sites (tertiary alicyclic amines) is 2. The second-order valence-electron chi connectivity index (χ2n) is 11.9. The summed E-state index contributed by atoms with van der Waals surface area (Å²) < 4.78 is 13.4. The van der Waals surface area contributed by atoms with E-state index >= 15 is 0 Å². The monoisotopic (exact) mass is 570 g/mol. The number of aliphatic hydroxyl groups excluding tert-OH is 1. The minimum atomic E-state index is -0.580. The zero-order valence-corrected chi connectivity index (χ0v) is 24.4. The topological polar surface area (TPSA) is 87.2 Å². The van der Waals surface area contributed by atoms with Gasteiger partial charge in [0.25, 0.3) is 5.91 Å². The first-order valence-corrected chi connectivity index (χ1v) is 15.4. The normalized spacial score (nSPS) is 26.9. The molecular weight excluding hydrogens is 528 g/mol. The van der Waals surface area contributed by atoms with Crippen LogP contribution in [0.15, 0.2) is 73.1 Å². The number of nitrogens with one attached hydrogen (secondary N) is 1. The molecule has 3 aliphatic rings. The molecule has 3 aliphatic heterocycles. The third-order valence-corrected chi connectivity index (χ3v) is 9.04. The van der Waals surface area contributed by atoms with Crippen LogP contribution in [0.25, 0.3) is 0 Å². The lowest BCUT2D eigenvalue weighted by molar-refractivity contribution is -0.276. The van der Waals surface area contributed by atoms with Gasteiger partial charge < -0.3 is 24.8 Å². The molecule has 2 N–H and O–H groups in total. The highest BCUT2D eigenvalue weighted by Gasteiger charge is 2.41. The van der Waals surface area contributed by atoms with Gasteiger partial charge in [0, 0.05) is 48.7 Å². The van der Waals surface area contributed by atoms with Crippen LogP contribution in [0.4, 0.5) is 5.69 Å². The third-order valence-electron chi connectivity index (χ3n) is 9.04. The number of aliphatic hydroxyl groups is 1. The van der Waals surface area contributed by atoms with Crippen molar-refractivity contribution in [2.45, 2.75) is 63.8 Å². The van der Waals surface area contributed by atoms with E-state index in [4.69, 9.17) is 9.47 Å². The fourth-order valence-corrected chi connectivity index (χ4v) is 6.63. The molecule has 8 heteroatoms. The van der Waals surface area contributed by atoms with E-state index in [1.807, 2.05) is 36.4 Å². The molecule has 3 fully saturated rings. The molecule has 0 unspecified atom stereocenters. The van der Waals surface area contributed by atoms with Crippen molar-refractivity contribution in [1.82, 2.24) is 14.8 Å². The summed E-state index contributed by atoms with van der Waals surface area (Å²) >= 11 is 0. The van der Waals surface area contributed by atoms with E-state index in [0.717, 1.165) is 36.3 Å². The number of nitrogens with zero attached hydrogens (tertiary/aromatic N) is 3. The lowest BCUT2D eigenvalue weighted by atomic mass is 9.90. The Morgan fingerprint density at radius 1 is 0.976 bits per heavy atom. The van der Waals surface area contributed by atoms with Crippen molar-refractivity contribution in [3.05, 3.63) is 95.3 Å². The number of carbonyl (C=O) groups is 1. The van der Waals surface area contributed by atoms with Crippen molar-refractivity contribution in [2.24, 2.45) is 5.92 Å². The Kier molecular flexibility index (Phi) is 9.27. The van der Waals surface area contributed by atoms with Crippen molar-refractivity contribution >= 4 is 11.6 Å². The molecule has 0 bridgehead atoms. The molecule has 0 radical (unpaired) electrons. The van der Waals surface area contributed by atoms with Crippen LogP contribution < -0.4 is 5.32 Å². The lowest BCUT2D eigenvalue weighted by Crippen LogP contribution is -2.48. The Balaban J connectivity index is 1.23. The van der Waals surface area contributed by atoms with Crippen LogP contribution in [-0.4, -0.2) is 70.7 Å². The summed E-state index contributed by atoms with van der Waals surface area (Å²) in [6, 6.07) is 19.8. The molecule has 8 nitrogen and oxygen atoms in total. The van der Waals surface area contributed by atoms with Crippen LogP contribution in [-0.2, 0) is 16.1 Å². The van der Waals surface area contributed by atoms with E-state index in [-0.39, 0.29) is 30.6 Å². The Morgan fingerprint density at radius 3 is 2.57 bits per heavy atom. The summed E-state index contributed by atoms with van der Waals surface area (Å²) in [4.78, 5) is 22.1. The summed E-state index contributed by atoms with van der Waals surface area (Å²) in [5.41, 5.74) is 4.00. The van der Waals surface area contributed by atoms with Gasteiger partial charge in [0.15, 0.2) is 6.29 Å². The second-order valence-corrected chi connectivity index (χ2v) is 11.9. The fraction of sp³-hybridized carbons (Fsp3) is 0.471. The quantitative estimate of drug-likeness (QED) is 0.367. The van der Waals surface area contributed by atoms with E-state index in [1.54, 1.807) is 24.5 Å². The minimum absolute atomic E-state index is 0.0145. The van der Waals surface area contributed by atoms with E-state index in [9.17, 15) is 9.90 Å². The number of anilines is 1. The molecule has 6 rings (SSSR count). The van der Waals surface area contributed by atoms with Crippen LogP contribution in [0, 0.1) is 5.92 Å². The van der Waals surface area contributed by atoms with Gasteiger partial charge in [-0.3, -0.25) is 14.7 Å². The Morgan fingerprint density at radius 2 is 1.81 bits per heavy atom. The summed E-state index contributed by atoms with van der Waals surface area (Å²) in [5.74, 6) is -0.0834. The van der Waals surface area contributed by atoms with Gasteiger partial charge in [0.05, 0.1) is 24.4 Å². The van der Waals surface area contributed by atoms with E-state index in [1.165, 1.54) is 38.8 Å². The van der Waals surface area contributed by atoms with Crippen LogP contribution in [0.3, 0.4) is 0 Å². The van der Waals surface area contributed by atoms with Gasteiger partial charge in [0.2, 0.25) is 0 Å². The Labute approximate surface area is 248 Å². The number of hydrogen-bond donors (Lipinski definition) is 2. The molecule has 1 aromatic heterocycles. The van der Waals surface area contributed by atoms with Gasteiger partial charge in [-0.15, -0.1) is 0 Å². The Hall–Kier alpha value is -3.14. The van der Waals surface area contributed by atoms with Gasteiger partial charge in [-0.25, -0.2) is 0 Å². The number of pyridine rings is 1. The summed E-state index contributed by atoms with van der Waals surface area (Å²) in [6.07, 6.45) is 7.52. The average molecular weight is 571 g/mol. The van der Waals surface area contributed by atoms with Crippen molar-refractivity contribution in [3.63, 3.8) is 0 Å². The average Bonchev–Trinajstić information content (AvgIpc) is 3.71. The van der Waals surface area contributed by atoms with Crippen LogP contribution in [0.1, 0.15) is 72.0 Å². The molecule has 0 aliphatic carbocycles. The smallest absolute Gasteiger partial charge is 0.257 e.